The maximum absolute atomic E-state index is 11.7. The van der Waals surface area contributed by atoms with E-state index in [0.717, 1.165) is 5.56 Å². The van der Waals surface area contributed by atoms with Crippen molar-refractivity contribution in [1.29, 1.82) is 0 Å². The van der Waals surface area contributed by atoms with Gasteiger partial charge in [0.15, 0.2) is 0 Å². The van der Waals surface area contributed by atoms with E-state index in [1.807, 2.05) is 13.0 Å². The number of amides is 2. The smallest absolute Gasteiger partial charge is 0.253 e. The first-order valence-corrected chi connectivity index (χ1v) is 5.85. The molecule has 0 aromatic heterocycles. The molecule has 0 saturated heterocycles. The van der Waals surface area contributed by atoms with Crippen LogP contribution in [0.25, 0.3) is 0 Å². The molecule has 1 aromatic rings. The van der Waals surface area contributed by atoms with E-state index in [4.69, 9.17) is 0 Å². The lowest BCUT2D eigenvalue weighted by molar-refractivity contribution is -0.116. The Morgan fingerprint density at radius 3 is 2.47 bits per heavy atom. The lowest BCUT2D eigenvalue weighted by Crippen LogP contribution is -2.23. The van der Waals surface area contributed by atoms with Gasteiger partial charge >= 0.3 is 0 Å². The predicted octanol–water partition coefficient (Wildman–Crippen LogP) is 1.32. The normalized spacial score (nSPS) is 9.42. The van der Waals surface area contributed by atoms with Crippen LogP contribution in [0.4, 0.5) is 5.69 Å². The minimum absolute atomic E-state index is 0. The molecule has 19 heavy (non-hydrogen) atoms. The highest BCUT2D eigenvalue weighted by Crippen LogP contribution is 2.17. The third-order valence-corrected chi connectivity index (χ3v) is 2.52. The molecule has 0 bridgehead atoms. The van der Waals surface area contributed by atoms with Crippen LogP contribution in [-0.4, -0.2) is 32.5 Å². The summed E-state index contributed by atoms with van der Waals surface area (Å²) in [6.45, 7) is 2.51. The van der Waals surface area contributed by atoms with E-state index in [-0.39, 0.29) is 24.2 Å². The lowest BCUT2D eigenvalue weighted by atomic mass is 10.1. The third-order valence-electron chi connectivity index (χ3n) is 2.52. The topological polar surface area (TPSA) is 70.2 Å². The molecule has 0 fully saturated rings. The van der Waals surface area contributed by atoms with Gasteiger partial charge in [-0.25, -0.2) is 0 Å². The summed E-state index contributed by atoms with van der Waals surface area (Å²) in [6.07, 6.45) is 0.373. The second kappa shape index (κ2) is 8.50. The second-order valence-electron chi connectivity index (χ2n) is 4.03. The van der Waals surface area contributed by atoms with Crippen LogP contribution in [0.5, 0.6) is 0 Å². The summed E-state index contributed by atoms with van der Waals surface area (Å²) in [5.41, 5.74) is 2.00. The molecule has 6 heteroatoms. The van der Waals surface area contributed by atoms with E-state index >= 15 is 0 Å². The van der Waals surface area contributed by atoms with Gasteiger partial charge in [0.05, 0.1) is 11.3 Å². The Morgan fingerprint density at radius 1 is 1.21 bits per heavy atom. The molecule has 0 radical (unpaired) electrons. The van der Waals surface area contributed by atoms with Crippen LogP contribution in [0.3, 0.4) is 0 Å². The molecule has 0 saturated carbocycles. The number of benzene rings is 1. The van der Waals surface area contributed by atoms with Gasteiger partial charge in [-0.3, -0.25) is 9.59 Å². The molecular weight excluding hydrogens is 266 g/mol. The maximum atomic E-state index is 11.7. The van der Waals surface area contributed by atoms with Gasteiger partial charge in [-0.1, -0.05) is 11.6 Å². The molecule has 0 unspecified atom stereocenters. The van der Waals surface area contributed by atoms with Crippen molar-refractivity contribution >= 4 is 29.9 Å². The quantitative estimate of drug-likeness (QED) is 0.764. The van der Waals surface area contributed by atoms with Crippen molar-refractivity contribution < 1.29 is 9.59 Å². The number of rotatable bonds is 5. The van der Waals surface area contributed by atoms with Crippen molar-refractivity contribution in [2.24, 2.45) is 0 Å². The maximum Gasteiger partial charge on any atom is 0.253 e. The summed E-state index contributed by atoms with van der Waals surface area (Å²) in [5.74, 6) is -0.319. The number of hydrogen-bond donors (Lipinski definition) is 3. The van der Waals surface area contributed by atoms with E-state index in [1.165, 1.54) is 0 Å². The highest BCUT2D eigenvalue weighted by atomic mass is 35.5. The fourth-order valence-electron chi connectivity index (χ4n) is 1.54. The number of halogens is 1. The van der Waals surface area contributed by atoms with Crippen molar-refractivity contribution in [2.75, 3.05) is 26.0 Å². The first-order chi connectivity index (χ1) is 8.58. The molecule has 2 amide bonds. The minimum Gasteiger partial charge on any atom is -0.355 e. The van der Waals surface area contributed by atoms with Gasteiger partial charge in [0.25, 0.3) is 5.91 Å². The fraction of sp³-hybridized carbons (Fsp3) is 0.385. The van der Waals surface area contributed by atoms with Crippen LogP contribution in [-0.2, 0) is 4.79 Å². The van der Waals surface area contributed by atoms with Crippen LogP contribution in [0.1, 0.15) is 22.3 Å². The van der Waals surface area contributed by atoms with Gasteiger partial charge in [-0.05, 0) is 26.1 Å². The Morgan fingerprint density at radius 2 is 1.89 bits per heavy atom. The Bertz CT molecular complexity index is 450. The first-order valence-electron chi connectivity index (χ1n) is 5.85. The predicted molar refractivity (Wildman–Crippen MR) is 79.0 cm³/mol. The Hall–Kier alpha value is -1.59. The van der Waals surface area contributed by atoms with E-state index in [9.17, 15) is 9.59 Å². The fourth-order valence-corrected chi connectivity index (χ4v) is 1.54. The summed E-state index contributed by atoms with van der Waals surface area (Å²) in [5, 5.41) is 8.21. The standard InChI is InChI=1S/C13H19N3O2.ClH/c1-9-4-5-11(10(8-9)13(18)15-3)16-12(17)6-7-14-2;/h4-5,8,14H,6-7H2,1-3H3,(H,15,18)(H,16,17);1H. The van der Waals surface area contributed by atoms with Crippen molar-refractivity contribution in [1.82, 2.24) is 10.6 Å². The zero-order valence-corrected chi connectivity index (χ0v) is 12.2. The molecule has 0 aliphatic rings. The van der Waals surface area contributed by atoms with Crippen LogP contribution in [0.15, 0.2) is 18.2 Å². The Kier molecular flexibility index (Phi) is 7.79. The van der Waals surface area contributed by atoms with Crippen LogP contribution in [0.2, 0.25) is 0 Å². The van der Waals surface area contributed by atoms with Gasteiger partial charge in [0, 0.05) is 20.0 Å². The number of anilines is 1. The van der Waals surface area contributed by atoms with Gasteiger partial charge in [0.2, 0.25) is 5.91 Å². The number of carbonyl (C=O) groups excluding carboxylic acids is 2. The van der Waals surface area contributed by atoms with Crippen molar-refractivity contribution in [3.05, 3.63) is 29.3 Å². The van der Waals surface area contributed by atoms with Crippen molar-refractivity contribution in [2.45, 2.75) is 13.3 Å². The van der Waals surface area contributed by atoms with E-state index < -0.39 is 0 Å². The summed E-state index contributed by atoms with van der Waals surface area (Å²) in [4.78, 5) is 23.3. The van der Waals surface area contributed by atoms with E-state index in [0.29, 0.717) is 24.2 Å². The first kappa shape index (κ1) is 17.4. The number of hydrogen-bond acceptors (Lipinski definition) is 3. The third kappa shape index (κ3) is 5.28. The molecule has 0 spiro atoms. The Balaban J connectivity index is 0.00000324. The molecule has 3 N–H and O–H groups in total. The van der Waals surface area contributed by atoms with Gasteiger partial charge in [-0.15, -0.1) is 12.4 Å². The number of carbonyl (C=O) groups is 2. The summed E-state index contributed by atoms with van der Waals surface area (Å²) < 4.78 is 0. The molecule has 1 rings (SSSR count). The largest absolute Gasteiger partial charge is 0.355 e. The highest BCUT2D eigenvalue weighted by Gasteiger charge is 2.12. The number of nitrogens with one attached hydrogen (secondary N) is 3. The van der Waals surface area contributed by atoms with Gasteiger partial charge < -0.3 is 16.0 Å². The average Bonchev–Trinajstić information content (AvgIpc) is 2.37. The minimum atomic E-state index is -0.206. The van der Waals surface area contributed by atoms with E-state index in [1.54, 1.807) is 26.2 Å². The van der Waals surface area contributed by atoms with Gasteiger partial charge in [0.1, 0.15) is 0 Å². The SMILES string of the molecule is CNCCC(=O)Nc1ccc(C)cc1C(=O)NC.Cl. The molecule has 0 atom stereocenters. The molecular formula is C13H20ClN3O2. The summed E-state index contributed by atoms with van der Waals surface area (Å²) in [7, 11) is 3.35. The lowest BCUT2D eigenvalue weighted by Gasteiger charge is -2.11. The Labute approximate surface area is 119 Å². The molecule has 0 aliphatic carbocycles. The monoisotopic (exact) mass is 285 g/mol. The highest BCUT2D eigenvalue weighted by molar-refractivity contribution is 6.03. The molecule has 5 nitrogen and oxygen atoms in total. The molecule has 1 aromatic carbocycles. The molecule has 106 valence electrons. The van der Waals surface area contributed by atoms with E-state index in [2.05, 4.69) is 16.0 Å². The molecule has 0 aliphatic heterocycles. The zero-order chi connectivity index (χ0) is 13.5. The van der Waals surface area contributed by atoms with Gasteiger partial charge in [-0.2, -0.15) is 0 Å². The average molecular weight is 286 g/mol. The van der Waals surface area contributed by atoms with Crippen LogP contribution >= 0.6 is 12.4 Å². The second-order valence-corrected chi connectivity index (χ2v) is 4.03. The molecule has 0 heterocycles. The summed E-state index contributed by atoms with van der Waals surface area (Å²) >= 11 is 0. The zero-order valence-electron chi connectivity index (χ0n) is 11.4. The summed E-state index contributed by atoms with van der Waals surface area (Å²) in [6, 6.07) is 5.36. The van der Waals surface area contributed by atoms with Crippen LogP contribution < -0.4 is 16.0 Å². The number of aryl methyl sites for hydroxylation is 1. The van der Waals surface area contributed by atoms with Crippen molar-refractivity contribution in [3.63, 3.8) is 0 Å². The van der Waals surface area contributed by atoms with Crippen molar-refractivity contribution in [3.8, 4) is 0 Å². The van der Waals surface area contributed by atoms with Crippen LogP contribution in [0, 0.1) is 6.92 Å².